The average molecular weight is 932 g/mol. The molecule has 9 nitrogen and oxygen atoms in total. The Morgan fingerprint density at radius 1 is 0.529 bits per heavy atom. The summed E-state index contributed by atoms with van der Waals surface area (Å²) >= 11 is 1.86. The Morgan fingerprint density at radius 3 is 1.57 bits per heavy atom. The second-order valence-electron chi connectivity index (χ2n) is 19.2. The van der Waals surface area contributed by atoms with Crippen molar-refractivity contribution in [1.29, 1.82) is 0 Å². The molecule has 0 amide bonds. The molecule has 0 atom stereocenters. The van der Waals surface area contributed by atoms with E-state index >= 15 is 0 Å². The highest BCUT2D eigenvalue weighted by atomic mass is 32.1. The minimum atomic E-state index is 0.239. The first-order valence-electron chi connectivity index (χ1n) is 24.9. The molecule has 3 aromatic heterocycles. The molecule has 2 fully saturated rings. The van der Waals surface area contributed by atoms with Crippen LogP contribution in [0.2, 0.25) is 0 Å². The maximum Gasteiger partial charge on any atom is 0.235 e. The Hall–Kier alpha value is -5.04. The van der Waals surface area contributed by atoms with Crippen LogP contribution in [0.3, 0.4) is 0 Å². The van der Waals surface area contributed by atoms with Crippen molar-refractivity contribution in [2.24, 2.45) is 10.8 Å². The van der Waals surface area contributed by atoms with Gasteiger partial charge in [-0.3, -0.25) is 4.57 Å². The summed E-state index contributed by atoms with van der Waals surface area (Å²) < 4.78 is 40.3. The second-order valence-corrected chi connectivity index (χ2v) is 20.2. The number of thiophene rings is 1. The lowest BCUT2D eigenvalue weighted by Crippen LogP contribution is -2.45. The monoisotopic (exact) mass is 931 g/mol. The zero-order chi connectivity index (χ0) is 46.2. The van der Waals surface area contributed by atoms with Crippen LogP contribution in [0.25, 0.3) is 70.4 Å². The summed E-state index contributed by atoms with van der Waals surface area (Å²) in [6.07, 6.45) is 8.55. The Kier molecular flexibility index (Phi) is 14.9. The van der Waals surface area contributed by atoms with Gasteiger partial charge in [-0.25, -0.2) is 9.97 Å². The third-order valence-electron chi connectivity index (χ3n) is 14.2. The van der Waals surface area contributed by atoms with Crippen molar-refractivity contribution in [2.45, 2.75) is 78.4 Å². The van der Waals surface area contributed by atoms with Crippen molar-refractivity contribution < 1.29 is 28.4 Å². The van der Waals surface area contributed by atoms with Crippen LogP contribution in [-0.2, 0) is 41.6 Å². The Labute approximate surface area is 404 Å². The van der Waals surface area contributed by atoms with Crippen LogP contribution in [0.15, 0.2) is 115 Å². The molecule has 5 aromatic carbocycles. The van der Waals surface area contributed by atoms with E-state index in [1.54, 1.807) is 0 Å². The van der Waals surface area contributed by atoms with Crippen LogP contribution in [0.1, 0.15) is 76.3 Å². The van der Waals surface area contributed by atoms with Gasteiger partial charge in [-0.15, -0.1) is 11.3 Å². The van der Waals surface area contributed by atoms with Crippen molar-refractivity contribution in [2.75, 3.05) is 66.1 Å². The van der Waals surface area contributed by atoms with E-state index < -0.39 is 0 Å². The van der Waals surface area contributed by atoms with Crippen molar-refractivity contribution in [3.63, 3.8) is 0 Å². The molecule has 2 aliphatic rings. The fraction of sp³-hybridized carbons (Fsp3) is 0.414. The maximum atomic E-state index is 6.34. The van der Waals surface area contributed by atoms with Crippen LogP contribution in [0.5, 0.6) is 0 Å². The summed E-state index contributed by atoms with van der Waals surface area (Å²) in [7, 11) is 0. The Bertz CT molecular complexity index is 2850. The van der Waals surface area contributed by atoms with Crippen LogP contribution in [-0.4, -0.2) is 80.6 Å². The van der Waals surface area contributed by atoms with E-state index in [9.17, 15) is 0 Å². The second kappa shape index (κ2) is 21.7. The Balaban J connectivity index is 0.899. The highest BCUT2D eigenvalue weighted by Gasteiger charge is 2.37. The highest BCUT2D eigenvalue weighted by Crippen LogP contribution is 2.44. The smallest absolute Gasteiger partial charge is 0.235 e. The standard InChI is InChI=1S/C58H65N3O6S/c1-3-57(38-66-39-57)36-64-29-15-7-13-27-62-34-42-21-24-51-48(32-42)54-52(61(51)56-59-49(44-17-9-5-10-18-44)33-50(60-56)45-19-11-6-12-20-45)25-23-46-47-31-43(22-26-53(47)68-55(46)54)35-63-28-14-8-16-30-65-37-58(4-2)40-67-41-58/h5-6,9-12,17-26,31-33H,3-4,7-8,13-16,27-30,34-41H2,1-2H3. The lowest BCUT2D eigenvalue weighted by molar-refractivity contribution is -0.150. The fourth-order valence-electron chi connectivity index (χ4n) is 9.56. The van der Waals surface area contributed by atoms with Crippen molar-refractivity contribution in [3.05, 3.63) is 126 Å². The zero-order valence-corrected chi connectivity index (χ0v) is 40.6. The predicted octanol–water partition coefficient (Wildman–Crippen LogP) is 13.5. The number of benzene rings is 5. The van der Waals surface area contributed by atoms with Crippen molar-refractivity contribution in [3.8, 4) is 28.5 Å². The van der Waals surface area contributed by atoms with E-state index in [-0.39, 0.29) is 10.8 Å². The van der Waals surface area contributed by atoms with E-state index in [0.717, 1.165) is 150 Å². The largest absolute Gasteiger partial charge is 0.381 e. The minimum Gasteiger partial charge on any atom is -0.381 e. The highest BCUT2D eigenvalue weighted by molar-refractivity contribution is 7.26. The lowest BCUT2D eigenvalue weighted by Gasteiger charge is -2.40. The van der Waals surface area contributed by atoms with E-state index in [0.29, 0.717) is 25.8 Å². The number of unbranched alkanes of at least 4 members (excludes halogenated alkanes) is 4. The molecular formula is C58H65N3O6S. The van der Waals surface area contributed by atoms with Gasteiger partial charge < -0.3 is 28.4 Å². The summed E-state index contributed by atoms with van der Waals surface area (Å²) in [5, 5.41) is 4.88. The molecule has 10 heteroatoms. The van der Waals surface area contributed by atoms with Crippen molar-refractivity contribution >= 4 is 53.3 Å². The quantitative estimate of drug-likeness (QED) is 0.0524. The molecule has 0 bridgehead atoms. The van der Waals surface area contributed by atoms with Gasteiger partial charge in [0.05, 0.1) is 75.3 Å². The van der Waals surface area contributed by atoms with Crippen molar-refractivity contribution in [1.82, 2.24) is 14.5 Å². The molecule has 10 rings (SSSR count). The van der Waals surface area contributed by atoms with Crippen LogP contribution < -0.4 is 0 Å². The van der Waals surface area contributed by atoms with Gasteiger partial charge in [-0.05, 0) is 98.9 Å². The molecular weight excluding hydrogens is 867 g/mol. The first kappa shape index (κ1) is 46.7. The van der Waals surface area contributed by atoms with Gasteiger partial charge in [-0.2, -0.15) is 0 Å². The first-order chi connectivity index (χ1) is 33.5. The fourth-order valence-corrected chi connectivity index (χ4v) is 10.8. The number of hydrogen-bond donors (Lipinski definition) is 0. The predicted molar refractivity (Wildman–Crippen MR) is 276 cm³/mol. The number of hydrogen-bond acceptors (Lipinski definition) is 9. The van der Waals surface area contributed by atoms with Gasteiger partial charge >= 0.3 is 0 Å². The van der Waals surface area contributed by atoms with Gasteiger partial charge in [0.15, 0.2) is 0 Å². The Morgan fingerprint density at radius 2 is 1.04 bits per heavy atom. The summed E-state index contributed by atoms with van der Waals surface area (Å²) in [4.78, 5) is 10.6. The van der Waals surface area contributed by atoms with Crippen LogP contribution >= 0.6 is 11.3 Å². The normalized spacial score (nSPS) is 15.4. The number of nitrogens with zero attached hydrogens (tertiary/aromatic N) is 3. The minimum absolute atomic E-state index is 0.239. The van der Waals surface area contributed by atoms with Crippen LogP contribution in [0, 0.1) is 10.8 Å². The molecule has 2 aliphatic heterocycles. The molecule has 0 spiro atoms. The number of rotatable bonds is 25. The van der Waals surface area contributed by atoms with E-state index in [4.69, 9.17) is 38.4 Å². The van der Waals surface area contributed by atoms with Crippen LogP contribution in [0.4, 0.5) is 0 Å². The molecule has 0 aliphatic carbocycles. The molecule has 2 saturated heterocycles. The third-order valence-corrected chi connectivity index (χ3v) is 15.4. The zero-order valence-electron chi connectivity index (χ0n) is 39.8. The molecule has 0 radical (unpaired) electrons. The summed E-state index contributed by atoms with van der Waals surface area (Å²) in [6.45, 7) is 13.6. The maximum absolute atomic E-state index is 6.34. The van der Waals surface area contributed by atoms with Gasteiger partial charge in [0.1, 0.15) is 0 Å². The van der Waals surface area contributed by atoms with Gasteiger partial charge in [0.25, 0.3) is 0 Å². The lowest BCUT2D eigenvalue weighted by atomic mass is 9.84. The summed E-state index contributed by atoms with van der Waals surface area (Å²) in [5.74, 6) is 0.644. The topological polar surface area (TPSA) is 86.1 Å². The molecule has 0 unspecified atom stereocenters. The summed E-state index contributed by atoms with van der Waals surface area (Å²) in [6, 6.07) is 41.1. The molecule has 354 valence electrons. The molecule has 68 heavy (non-hydrogen) atoms. The van der Waals surface area contributed by atoms with Gasteiger partial charge in [0, 0.05) is 79.3 Å². The average Bonchev–Trinajstić information content (AvgIpc) is 3.90. The first-order valence-corrected chi connectivity index (χ1v) is 25.7. The van der Waals surface area contributed by atoms with E-state index in [1.165, 1.54) is 36.5 Å². The molecule has 8 aromatic rings. The van der Waals surface area contributed by atoms with Gasteiger partial charge in [-0.1, -0.05) is 92.7 Å². The van der Waals surface area contributed by atoms with Gasteiger partial charge in [0.2, 0.25) is 5.95 Å². The third kappa shape index (κ3) is 10.3. The molecule has 5 heterocycles. The SMILES string of the molecule is CCC1(COCCCCCOCc2ccc3sc4c(ccc5c4c4cc(COCCCCCOCC6(CC)COC6)ccc4n5-c4nc(-c5ccccc5)cc(-c5ccccc5)n4)c3c2)COC1. The number of ether oxygens (including phenoxy) is 6. The van der Waals surface area contributed by atoms with E-state index in [2.05, 4.69) is 122 Å². The van der Waals surface area contributed by atoms with E-state index in [1.807, 2.05) is 23.5 Å². The number of fused-ring (bicyclic) bond motifs is 7. The molecule has 0 N–H and O–H groups in total. The number of aromatic nitrogens is 3. The molecule has 0 saturated carbocycles. The summed E-state index contributed by atoms with van der Waals surface area (Å²) in [5.41, 5.74) is 8.83.